The number of aliphatic hydroxyl groups is 1. The molecule has 0 fully saturated rings. The van der Waals surface area contributed by atoms with Crippen LogP contribution in [0.3, 0.4) is 0 Å². The number of rotatable bonds is 4. The van der Waals surface area contributed by atoms with Crippen LogP contribution in [0.4, 0.5) is 4.79 Å². The molecule has 0 rings (SSSR count). The molecule has 6 nitrogen and oxygen atoms in total. The van der Waals surface area contributed by atoms with Gasteiger partial charge in [0.25, 0.3) is 0 Å². The Bertz CT molecular complexity index is 371. The van der Waals surface area contributed by atoms with Gasteiger partial charge >= 0.3 is 6.09 Å². The quantitative estimate of drug-likeness (QED) is 0.764. The van der Waals surface area contributed by atoms with Gasteiger partial charge in [-0.2, -0.15) is 0 Å². The molecule has 0 heterocycles. The van der Waals surface area contributed by atoms with Crippen molar-refractivity contribution in [1.29, 1.82) is 0 Å². The molecule has 0 aliphatic heterocycles. The fourth-order valence-electron chi connectivity index (χ4n) is 0.878. The van der Waals surface area contributed by atoms with Crippen LogP contribution >= 0.6 is 0 Å². The van der Waals surface area contributed by atoms with Gasteiger partial charge in [-0.25, -0.2) is 13.2 Å². The van der Waals surface area contributed by atoms with E-state index in [0.29, 0.717) is 0 Å². The van der Waals surface area contributed by atoms with Crippen LogP contribution in [0, 0.1) is 0 Å². The third-order valence-corrected chi connectivity index (χ3v) is 4.30. The van der Waals surface area contributed by atoms with Gasteiger partial charge in [-0.15, -0.1) is 0 Å². The molecule has 7 heteroatoms. The molecule has 17 heavy (non-hydrogen) atoms. The van der Waals surface area contributed by atoms with E-state index in [1.54, 1.807) is 20.8 Å². The average Bonchev–Trinajstić information content (AvgIpc) is 2.09. The SMILES string of the molecule is CC(C)(C)OC(=O)NCC(C)(CO)S(C)(=O)=O. The predicted octanol–water partition coefficient (Wildman–Crippen LogP) is 0.307. The highest BCUT2D eigenvalue weighted by Crippen LogP contribution is 2.14. The van der Waals surface area contributed by atoms with Gasteiger partial charge in [-0.05, 0) is 27.7 Å². The van der Waals surface area contributed by atoms with Crippen molar-refractivity contribution in [2.45, 2.75) is 38.0 Å². The Kier molecular flexibility index (Phi) is 4.97. The van der Waals surface area contributed by atoms with E-state index < -0.39 is 32.9 Å². The van der Waals surface area contributed by atoms with E-state index in [-0.39, 0.29) is 6.54 Å². The van der Waals surface area contributed by atoms with E-state index in [9.17, 15) is 13.2 Å². The highest BCUT2D eigenvalue weighted by Gasteiger charge is 2.36. The summed E-state index contributed by atoms with van der Waals surface area (Å²) in [5.41, 5.74) is -0.648. The van der Waals surface area contributed by atoms with Crippen molar-refractivity contribution in [3.05, 3.63) is 0 Å². The van der Waals surface area contributed by atoms with Crippen molar-refractivity contribution in [2.75, 3.05) is 19.4 Å². The van der Waals surface area contributed by atoms with E-state index in [0.717, 1.165) is 6.26 Å². The van der Waals surface area contributed by atoms with Gasteiger partial charge in [0.15, 0.2) is 9.84 Å². The second-order valence-corrected chi connectivity index (χ2v) is 7.77. The molecule has 2 N–H and O–H groups in total. The minimum atomic E-state index is -3.47. The van der Waals surface area contributed by atoms with E-state index >= 15 is 0 Å². The highest BCUT2D eigenvalue weighted by molar-refractivity contribution is 7.92. The topological polar surface area (TPSA) is 92.7 Å². The lowest BCUT2D eigenvalue weighted by atomic mass is 10.2. The van der Waals surface area contributed by atoms with Crippen molar-refractivity contribution in [3.63, 3.8) is 0 Å². The number of sulfone groups is 1. The maximum atomic E-state index is 11.4. The summed E-state index contributed by atoms with van der Waals surface area (Å²) in [4.78, 5) is 11.3. The van der Waals surface area contributed by atoms with E-state index in [1.165, 1.54) is 6.92 Å². The number of hydrogen-bond acceptors (Lipinski definition) is 5. The van der Waals surface area contributed by atoms with Crippen molar-refractivity contribution in [3.8, 4) is 0 Å². The number of hydrogen-bond donors (Lipinski definition) is 2. The Hall–Kier alpha value is -0.820. The largest absolute Gasteiger partial charge is 0.444 e. The molecule has 0 aromatic rings. The minimum Gasteiger partial charge on any atom is -0.444 e. The number of aliphatic hydroxyl groups excluding tert-OH is 1. The molecule has 0 saturated carbocycles. The first-order chi connectivity index (χ1) is 7.41. The molecule has 1 amide bonds. The first kappa shape index (κ1) is 16.2. The summed E-state index contributed by atoms with van der Waals surface area (Å²) in [6.07, 6.45) is 0.306. The van der Waals surface area contributed by atoms with Crippen LogP contribution in [0.2, 0.25) is 0 Å². The predicted molar refractivity (Wildman–Crippen MR) is 64.6 cm³/mol. The number of carbonyl (C=O) groups excluding carboxylic acids is 1. The molecule has 0 aliphatic carbocycles. The lowest BCUT2D eigenvalue weighted by molar-refractivity contribution is 0.0518. The molecular formula is C10H21NO5S. The molecule has 0 saturated heterocycles. The Morgan fingerprint density at radius 1 is 1.29 bits per heavy atom. The van der Waals surface area contributed by atoms with Crippen molar-refractivity contribution >= 4 is 15.9 Å². The lowest BCUT2D eigenvalue weighted by Crippen LogP contribution is -2.49. The number of nitrogens with one attached hydrogen (secondary N) is 1. The van der Waals surface area contributed by atoms with E-state index in [1.807, 2.05) is 0 Å². The van der Waals surface area contributed by atoms with Gasteiger partial charge in [-0.1, -0.05) is 0 Å². The van der Waals surface area contributed by atoms with Crippen LogP contribution in [-0.4, -0.2) is 49.4 Å². The molecule has 0 bridgehead atoms. The molecule has 0 spiro atoms. The maximum absolute atomic E-state index is 11.4. The summed E-state index contributed by atoms with van der Waals surface area (Å²) in [6, 6.07) is 0. The van der Waals surface area contributed by atoms with Gasteiger partial charge in [0.2, 0.25) is 0 Å². The lowest BCUT2D eigenvalue weighted by Gasteiger charge is -2.26. The Morgan fingerprint density at radius 2 is 1.76 bits per heavy atom. The normalized spacial score (nSPS) is 16.1. The number of alkyl carbamates (subject to hydrolysis) is 1. The Labute approximate surface area is 102 Å². The molecule has 0 aromatic heterocycles. The van der Waals surface area contributed by atoms with Gasteiger partial charge in [0.1, 0.15) is 10.3 Å². The Balaban J connectivity index is 4.51. The molecule has 0 radical (unpaired) electrons. The van der Waals surface area contributed by atoms with Crippen LogP contribution in [0.5, 0.6) is 0 Å². The zero-order chi connectivity index (χ0) is 13.9. The third kappa shape index (κ3) is 5.36. The summed E-state index contributed by atoms with van der Waals surface area (Å²) in [5.74, 6) is 0. The minimum absolute atomic E-state index is 0.197. The summed E-state index contributed by atoms with van der Waals surface area (Å²) < 4.78 is 26.4. The Morgan fingerprint density at radius 3 is 2.06 bits per heavy atom. The fraction of sp³-hybridized carbons (Fsp3) is 0.900. The van der Waals surface area contributed by atoms with Crippen molar-refractivity contribution < 1.29 is 23.1 Å². The molecular weight excluding hydrogens is 246 g/mol. The molecule has 102 valence electrons. The molecule has 0 aromatic carbocycles. The summed E-state index contributed by atoms with van der Waals surface area (Å²) in [5, 5.41) is 11.4. The monoisotopic (exact) mass is 267 g/mol. The summed E-state index contributed by atoms with van der Waals surface area (Å²) in [7, 11) is -3.47. The van der Waals surface area contributed by atoms with Crippen LogP contribution in [-0.2, 0) is 14.6 Å². The van der Waals surface area contributed by atoms with E-state index in [2.05, 4.69) is 5.32 Å². The van der Waals surface area contributed by atoms with Crippen LogP contribution in [0.15, 0.2) is 0 Å². The van der Waals surface area contributed by atoms with Gasteiger partial charge in [0, 0.05) is 12.8 Å². The van der Waals surface area contributed by atoms with Crippen LogP contribution in [0.1, 0.15) is 27.7 Å². The second kappa shape index (κ2) is 5.22. The smallest absolute Gasteiger partial charge is 0.407 e. The van der Waals surface area contributed by atoms with E-state index in [4.69, 9.17) is 9.84 Å². The van der Waals surface area contributed by atoms with Crippen molar-refractivity contribution in [1.82, 2.24) is 5.32 Å². The van der Waals surface area contributed by atoms with Crippen LogP contribution < -0.4 is 5.32 Å². The first-order valence-corrected chi connectivity index (χ1v) is 7.08. The summed E-state index contributed by atoms with van der Waals surface area (Å²) >= 11 is 0. The number of amides is 1. The average molecular weight is 267 g/mol. The van der Waals surface area contributed by atoms with Gasteiger partial charge < -0.3 is 15.2 Å². The number of ether oxygens (including phenoxy) is 1. The summed E-state index contributed by atoms with van der Waals surface area (Å²) in [6.45, 7) is 5.70. The highest BCUT2D eigenvalue weighted by atomic mass is 32.2. The zero-order valence-electron chi connectivity index (χ0n) is 10.9. The van der Waals surface area contributed by atoms with Gasteiger partial charge in [-0.3, -0.25) is 0 Å². The fourth-order valence-corrected chi connectivity index (χ4v) is 1.45. The van der Waals surface area contributed by atoms with Crippen molar-refractivity contribution in [2.24, 2.45) is 0 Å². The zero-order valence-corrected chi connectivity index (χ0v) is 11.7. The second-order valence-electron chi connectivity index (χ2n) is 5.24. The number of carbonyl (C=O) groups is 1. The standard InChI is InChI=1S/C10H21NO5S/c1-9(2,3)16-8(13)11-6-10(4,7-12)17(5,14)15/h12H,6-7H2,1-5H3,(H,11,13). The first-order valence-electron chi connectivity index (χ1n) is 5.18. The van der Waals surface area contributed by atoms with Gasteiger partial charge in [0.05, 0.1) is 6.61 Å². The molecule has 0 aliphatic rings. The molecule has 1 atom stereocenters. The van der Waals surface area contributed by atoms with Crippen LogP contribution in [0.25, 0.3) is 0 Å². The third-order valence-electron chi connectivity index (χ3n) is 2.24. The molecule has 1 unspecified atom stereocenters. The maximum Gasteiger partial charge on any atom is 0.407 e.